The molecule has 0 fully saturated rings. The van der Waals surface area contributed by atoms with Crippen molar-refractivity contribution in [3.05, 3.63) is 108 Å². The van der Waals surface area contributed by atoms with Crippen LogP contribution in [0.15, 0.2) is 96.8 Å². The Bertz CT molecular complexity index is 702. The third kappa shape index (κ3) is 8.00. The molecule has 1 unspecified atom stereocenters. The van der Waals surface area contributed by atoms with Crippen LogP contribution in [0.3, 0.4) is 0 Å². The van der Waals surface area contributed by atoms with Crippen LogP contribution in [-0.2, 0) is 17.8 Å². The van der Waals surface area contributed by atoms with Crippen molar-refractivity contribution in [1.29, 1.82) is 0 Å². The summed E-state index contributed by atoms with van der Waals surface area (Å²) in [6.07, 6.45) is 11.2. The number of nitrogens with one attached hydrogen (secondary N) is 1. The lowest BCUT2D eigenvalue weighted by molar-refractivity contribution is 0.211. The fraction of sp³-hybridized carbons (Fsp3) is 0.250. The number of allylic oxidation sites excluding steroid dienone is 4. The highest BCUT2D eigenvalue weighted by atomic mass is 16.5. The Morgan fingerprint density at radius 1 is 1.00 bits per heavy atom. The molecule has 0 heterocycles. The van der Waals surface area contributed by atoms with E-state index in [-0.39, 0.29) is 0 Å². The van der Waals surface area contributed by atoms with Gasteiger partial charge in [0.25, 0.3) is 0 Å². The van der Waals surface area contributed by atoms with Gasteiger partial charge >= 0.3 is 0 Å². The second-order valence-corrected chi connectivity index (χ2v) is 6.27. The van der Waals surface area contributed by atoms with Crippen LogP contribution in [0.25, 0.3) is 0 Å². The van der Waals surface area contributed by atoms with Crippen LogP contribution in [0.2, 0.25) is 0 Å². The van der Waals surface area contributed by atoms with Crippen molar-refractivity contribution in [1.82, 2.24) is 5.32 Å². The highest BCUT2D eigenvalue weighted by molar-refractivity contribution is 5.20. The monoisotopic (exact) mass is 347 g/mol. The minimum absolute atomic E-state index is 0.426. The van der Waals surface area contributed by atoms with Gasteiger partial charge in [-0.3, -0.25) is 0 Å². The quantitative estimate of drug-likeness (QED) is 0.456. The minimum atomic E-state index is 0.426. The second kappa shape index (κ2) is 11.9. The molecule has 0 spiro atoms. The van der Waals surface area contributed by atoms with Gasteiger partial charge in [-0.1, -0.05) is 78.9 Å². The number of hydrogen-bond donors (Lipinski definition) is 1. The third-order valence-electron chi connectivity index (χ3n) is 3.95. The molecule has 1 N–H and O–H groups in total. The third-order valence-corrected chi connectivity index (χ3v) is 3.95. The number of rotatable bonds is 10. The summed E-state index contributed by atoms with van der Waals surface area (Å²) in [5, 5.41) is 3.53. The highest BCUT2D eigenvalue weighted by Crippen LogP contribution is 2.08. The fourth-order valence-electron chi connectivity index (χ4n) is 2.57. The predicted octanol–water partition coefficient (Wildman–Crippen LogP) is 5.44. The zero-order chi connectivity index (χ0) is 18.5. The maximum Gasteiger partial charge on any atom is 0.119 e. The Hall–Kier alpha value is -2.58. The molecule has 0 radical (unpaired) electrons. The van der Waals surface area contributed by atoms with E-state index in [1.165, 1.54) is 11.1 Å². The van der Waals surface area contributed by atoms with Crippen LogP contribution in [0, 0.1) is 0 Å². The van der Waals surface area contributed by atoms with Crippen molar-refractivity contribution in [3.8, 4) is 0 Å². The van der Waals surface area contributed by atoms with E-state index >= 15 is 0 Å². The molecular weight excluding hydrogens is 318 g/mol. The Labute approximate surface area is 157 Å². The van der Waals surface area contributed by atoms with Gasteiger partial charge in [0.2, 0.25) is 0 Å². The summed E-state index contributed by atoms with van der Waals surface area (Å²) >= 11 is 0. The van der Waals surface area contributed by atoms with Gasteiger partial charge in [-0.2, -0.15) is 0 Å². The summed E-state index contributed by atoms with van der Waals surface area (Å²) in [5.41, 5.74) is 2.53. The zero-order valence-corrected chi connectivity index (χ0v) is 15.8. The molecule has 2 aromatic rings. The fourth-order valence-corrected chi connectivity index (χ4v) is 2.57. The molecule has 2 nitrogen and oxygen atoms in total. The Kier molecular flexibility index (Phi) is 9.02. The van der Waals surface area contributed by atoms with Gasteiger partial charge in [-0.05, 0) is 43.5 Å². The molecule has 0 aliphatic rings. The Morgan fingerprint density at radius 2 is 1.65 bits per heavy atom. The smallest absolute Gasteiger partial charge is 0.119 e. The summed E-state index contributed by atoms with van der Waals surface area (Å²) in [7, 11) is 0. The van der Waals surface area contributed by atoms with E-state index in [1.807, 2.05) is 49.4 Å². The van der Waals surface area contributed by atoms with Crippen LogP contribution in [0.5, 0.6) is 0 Å². The van der Waals surface area contributed by atoms with E-state index in [0.29, 0.717) is 12.6 Å². The first kappa shape index (κ1) is 19.7. The summed E-state index contributed by atoms with van der Waals surface area (Å²) in [6.45, 7) is 5.60. The average molecular weight is 348 g/mol. The molecule has 1 atom stereocenters. The molecule has 0 saturated heterocycles. The Morgan fingerprint density at radius 3 is 2.31 bits per heavy atom. The van der Waals surface area contributed by atoms with Crippen molar-refractivity contribution in [3.63, 3.8) is 0 Å². The first-order valence-electron chi connectivity index (χ1n) is 9.21. The molecule has 2 rings (SSSR count). The summed E-state index contributed by atoms with van der Waals surface area (Å²) in [6, 6.07) is 21.2. The maximum absolute atomic E-state index is 5.93. The predicted molar refractivity (Wildman–Crippen MR) is 111 cm³/mol. The second-order valence-electron chi connectivity index (χ2n) is 6.27. The number of ether oxygens (including phenoxy) is 1. The van der Waals surface area contributed by atoms with Crippen LogP contribution in [0.1, 0.15) is 25.0 Å². The van der Waals surface area contributed by atoms with E-state index in [1.54, 1.807) is 0 Å². The van der Waals surface area contributed by atoms with Crippen molar-refractivity contribution in [2.45, 2.75) is 32.9 Å². The molecule has 2 aromatic carbocycles. The van der Waals surface area contributed by atoms with E-state index in [4.69, 9.17) is 4.74 Å². The largest absolute Gasteiger partial charge is 0.489 e. The van der Waals surface area contributed by atoms with Crippen molar-refractivity contribution < 1.29 is 4.74 Å². The van der Waals surface area contributed by atoms with E-state index < -0.39 is 0 Å². The lowest BCUT2D eigenvalue weighted by Gasteiger charge is -2.12. The van der Waals surface area contributed by atoms with Gasteiger partial charge in [0.05, 0.1) is 0 Å². The molecule has 0 aliphatic carbocycles. The average Bonchev–Trinajstić information content (AvgIpc) is 2.68. The zero-order valence-electron chi connectivity index (χ0n) is 15.8. The molecule has 0 saturated carbocycles. The molecule has 136 valence electrons. The first-order valence-corrected chi connectivity index (χ1v) is 9.21. The van der Waals surface area contributed by atoms with E-state index in [2.05, 4.69) is 60.8 Å². The minimum Gasteiger partial charge on any atom is -0.489 e. The van der Waals surface area contributed by atoms with E-state index in [0.717, 1.165) is 18.7 Å². The SMILES string of the molecule is C\C=C/C=C(\C=C\CNC(C)Cc1ccccc1)OCc1ccccc1. The molecule has 26 heavy (non-hydrogen) atoms. The van der Waals surface area contributed by atoms with E-state index in [9.17, 15) is 0 Å². The van der Waals surface area contributed by atoms with Crippen LogP contribution < -0.4 is 5.32 Å². The van der Waals surface area contributed by atoms with Gasteiger partial charge in [0.15, 0.2) is 0 Å². The molecule has 2 heteroatoms. The van der Waals surface area contributed by atoms with Gasteiger partial charge in [-0.25, -0.2) is 0 Å². The summed E-state index contributed by atoms with van der Waals surface area (Å²) < 4.78 is 5.93. The van der Waals surface area contributed by atoms with Crippen LogP contribution >= 0.6 is 0 Å². The molecule has 0 amide bonds. The lowest BCUT2D eigenvalue weighted by Crippen LogP contribution is -2.28. The number of benzene rings is 2. The van der Waals surface area contributed by atoms with Gasteiger partial charge in [0, 0.05) is 12.6 Å². The van der Waals surface area contributed by atoms with Gasteiger partial charge in [0.1, 0.15) is 12.4 Å². The van der Waals surface area contributed by atoms with Crippen molar-refractivity contribution in [2.75, 3.05) is 6.54 Å². The van der Waals surface area contributed by atoms with Crippen molar-refractivity contribution in [2.24, 2.45) is 0 Å². The molecule has 0 bridgehead atoms. The van der Waals surface area contributed by atoms with Crippen LogP contribution in [0.4, 0.5) is 0 Å². The van der Waals surface area contributed by atoms with Gasteiger partial charge < -0.3 is 10.1 Å². The summed E-state index contributed by atoms with van der Waals surface area (Å²) in [5.74, 6) is 0.865. The van der Waals surface area contributed by atoms with Crippen LogP contribution in [-0.4, -0.2) is 12.6 Å². The van der Waals surface area contributed by atoms with Gasteiger partial charge in [-0.15, -0.1) is 0 Å². The van der Waals surface area contributed by atoms with Crippen molar-refractivity contribution >= 4 is 0 Å². The molecule has 0 aromatic heterocycles. The maximum atomic E-state index is 5.93. The molecule has 0 aliphatic heterocycles. The molecular formula is C24H29NO. The standard InChI is InChI=1S/C24H29NO/c1-3-4-16-24(26-20-23-14-9-6-10-15-23)17-11-18-25-21(2)19-22-12-7-5-8-13-22/h3-17,21,25H,18-20H2,1-2H3/b4-3-,17-11+,24-16+. The highest BCUT2D eigenvalue weighted by Gasteiger charge is 2.01. The number of hydrogen-bond acceptors (Lipinski definition) is 2. The first-order chi connectivity index (χ1) is 12.8. The Balaban J connectivity index is 1.79. The summed E-state index contributed by atoms with van der Waals surface area (Å²) in [4.78, 5) is 0. The topological polar surface area (TPSA) is 21.3 Å². The normalized spacial score (nSPS) is 13.4. The lowest BCUT2D eigenvalue weighted by atomic mass is 10.1.